The minimum absolute atomic E-state index is 0.149. The number of carboxylic acids is 1. The van der Waals surface area contributed by atoms with Gasteiger partial charge in [0.1, 0.15) is 0 Å². The number of aliphatic carboxylic acids is 1. The molecule has 3 rings (SSSR count). The maximum absolute atomic E-state index is 12.7. The van der Waals surface area contributed by atoms with Crippen LogP contribution in [0.4, 0.5) is 0 Å². The molecule has 5 heteroatoms. The van der Waals surface area contributed by atoms with Crippen LogP contribution >= 0.6 is 0 Å². The van der Waals surface area contributed by atoms with Crippen LogP contribution in [0.2, 0.25) is 0 Å². The number of carboxylic acid groups (broad SMARTS) is 1. The van der Waals surface area contributed by atoms with E-state index in [1.165, 1.54) is 0 Å². The first-order valence-corrected chi connectivity index (χ1v) is 6.88. The Hall–Kier alpha value is -2.43. The highest BCUT2D eigenvalue weighted by Gasteiger charge is 2.42. The van der Waals surface area contributed by atoms with Crippen LogP contribution in [0.25, 0.3) is 10.9 Å². The molecule has 5 nitrogen and oxygen atoms in total. The molecule has 1 aromatic carbocycles. The van der Waals surface area contributed by atoms with Gasteiger partial charge >= 0.3 is 5.97 Å². The maximum Gasteiger partial charge on any atom is 0.311 e. The molecule has 0 aliphatic carbocycles. The van der Waals surface area contributed by atoms with Gasteiger partial charge in [0.25, 0.3) is 5.91 Å². The summed E-state index contributed by atoms with van der Waals surface area (Å²) in [5.41, 5.74) is 0.338. The van der Waals surface area contributed by atoms with Gasteiger partial charge in [-0.05, 0) is 25.5 Å². The zero-order valence-electron chi connectivity index (χ0n) is 11.7. The molecule has 0 bridgehead atoms. The van der Waals surface area contributed by atoms with Gasteiger partial charge in [-0.1, -0.05) is 18.2 Å². The number of hydrogen-bond donors (Lipinski definition) is 1. The lowest BCUT2D eigenvalue weighted by Crippen LogP contribution is -2.35. The second-order valence-electron chi connectivity index (χ2n) is 5.72. The summed E-state index contributed by atoms with van der Waals surface area (Å²) < 4.78 is 0. The predicted molar refractivity (Wildman–Crippen MR) is 78.0 cm³/mol. The van der Waals surface area contributed by atoms with Gasteiger partial charge in [0.15, 0.2) is 0 Å². The van der Waals surface area contributed by atoms with Crippen molar-refractivity contribution >= 4 is 22.8 Å². The third-order valence-electron chi connectivity index (χ3n) is 4.14. The Labute approximate surface area is 122 Å². The highest BCUT2D eigenvalue weighted by Crippen LogP contribution is 2.31. The molecule has 0 saturated carbocycles. The molecular weight excluding hydrogens is 268 g/mol. The molecule has 1 fully saturated rings. The zero-order chi connectivity index (χ0) is 15.0. The van der Waals surface area contributed by atoms with Crippen molar-refractivity contribution in [3.8, 4) is 0 Å². The highest BCUT2D eigenvalue weighted by atomic mass is 16.4. The quantitative estimate of drug-likeness (QED) is 0.917. The van der Waals surface area contributed by atoms with E-state index in [4.69, 9.17) is 0 Å². The third-order valence-corrected chi connectivity index (χ3v) is 4.14. The van der Waals surface area contributed by atoms with Crippen LogP contribution in [0, 0.1) is 5.41 Å². The van der Waals surface area contributed by atoms with Gasteiger partial charge < -0.3 is 10.0 Å². The van der Waals surface area contributed by atoms with Gasteiger partial charge in [-0.3, -0.25) is 14.6 Å². The van der Waals surface area contributed by atoms with E-state index < -0.39 is 11.4 Å². The summed E-state index contributed by atoms with van der Waals surface area (Å²) in [7, 11) is 0. The first-order valence-electron chi connectivity index (χ1n) is 6.88. The topological polar surface area (TPSA) is 70.5 Å². The van der Waals surface area contributed by atoms with Crippen molar-refractivity contribution in [1.29, 1.82) is 0 Å². The predicted octanol–water partition coefficient (Wildman–Crippen LogP) is 2.17. The molecule has 1 aromatic heterocycles. The summed E-state index contributed by atoms with van der Waals surface area (Å²) in [5, 5.41) is 10.2. The lowest BCUT2D eigenvalue weighted by atomic mass is 9.90. The molecule has 2 aromatic rings. The molecule has 1 amide bonds. The van der Waals surface area contributed by atoms with Crippen molar-refractivity contribution in [3.05, 3.63) is 42.1 Å². The minimum Gasteiger partial charge on any atom is -0.481 e. The van der Waals surface area contributed by atoms with Gasteiger partial charge in [0.2, 0.25) is 0 Å². The number of aromatic nitrogens is 1. The van der Waals surface area contributed by atoms with E-state index >= 15 is 0 Å². The minimum atomic E-state index is -0.853. The molecule has 0 radical (unpaired) electrons. The average Bonchev–Trinajstić information content (AvgIpc) is 2.90. The van der Waals surface area contributed by atoms with E-state index in [1.807, 2.05) is 24.3 Å². The fourth-order valence-corrected chi connectivity index (χ4v) is 2.76. The van der Waals surface area contributed by atoms with Crippen LogP contribution in [0.15, 0.2) is 36.5 Å². The van der Waals surface area contributed by atoms with E-state index in [0.29, 0.717) is 24.0 Å². The van der Waals surface area contributed by atoms with E-state index in [2.05, 4.69) is 4.98 Å². The Morgan fingerprint density at radius 3 is 2.76 bits per heavy atom. The van der Waals surface area contributed by atoms with Crippen LogP contribution in [-0.2, 0) is 4.79 Å². The number of rotatable bonds is 2. The van der Waals surface area contributed by atoms with Gasteiger partial charge in [-0.15, -0.1) is 0 Å². The van der Waals surface area contributed by atoms with Crippen LogP contribution in [0.1, 0.15) is 23.7 Å². The average molecular weight is 284 g/mol. The first-order chi connectivity index (χ1) is 10.0. The molecule has 21 heavy (non-hydrogen) atoms. The van der Waals surface area contributed by atoms with Crippen molar-refractivity contribution in [2.75, 3.05) is 13.1 Å². The van der Waals surface area contributed by atoms with Gasteiger partial charge in [0.05, 0.1) is 16.5 Å². The van der Waals surface area contributed by atoms with E-state index in [0.717, 1.165) is 5.39 Å². The number of benzene rings is 1. The number of carbonyl (C=O) groups excluding carboxylic acids is 1. The summed E-state index contributed by atoms with van der Waals surface area (Å²) >= 11 is 0. The van der Waals surface area contributed by atoms with Gasteiger partial charge in [0, 0.05) is 24.7 Å². The third kappa shape index (κ3) is 2.24. The maximum atomic E-state index is 12.7. The van der Waals surface area contributed by atoms with Crippen molar-refractivity contribution in [2.45, 2.75) is 13.3 Å². The van der Waals surface area contributed by atoms with Crippen molar-refractivity contribution < 1.29 is 14.7 Å². The molecular formula is C16H16N2O3. The zero-order valence-corrected chi connectivity index (χ0v) is 11.7. The molecule has 108 valence electrons. The van der Waals surface area contributed by atoms with Crippen molar-refractivity contribution in [1.82, 2.24) is 9.88 Å². The first kappa shape index (κ1) is 13.5. The number of hydrogen-bond acceptors (Lipinski definition) is 3. The Balaban J connectivity index is 1.94. The highest BCUT2D eigenvalue weighted by molar-refractivity contribution is 6.05. The summed E-state index contributed by atoms with van der Waals surface area (Å²) in [6.07, 6.45) is 2.14. The molecule has 0 spiro atoms. The second kappa shape index (κ2) is 4.84. The van der Waals surface area contributed by atoms with Crippen molar-refractivity contribution in [2.24, 2.45) is 5.41 Å². The molecule has 1 atom stereocenters. The van der Waals surface area contributed by atoms with Crippen LogP contribution in [-0.4, -0.2) is 40.0 Å². The van der Waals surface area contributed by atoms with Crippen LogP contribution in [0.3, 0.4) is 0 Å². The smallest absolute Gasteiger partial charge is 0.311 e. The fourth-order valence-electron chi connectivity index (χ4n) is 2.76. The summed E-state index contributed by atoms with van der Waals surface area (Å²) in [6.45, 7) is 2.39. The Morgan fingerprint density at radius 2 is 2.05 bits per heavy atom. The largest absolute Gasteiger partial charge is 0.481 e. The molecule has 1 aliphatic heterocycles. The number of nitrogens with zero attached hydrogens (tertiary/aromatic N) is 2. The number of amides is 1. The second-order valence-corrected chi connectivity index (χ2v) is 5.72. The van der Waals surface area contributed by atoms with Crippen LogP contribution < -0.4 is 0 Å². The van der Waals surface area contributed by atoms with Gasteiger partial charge in [-0.25, -0.2) is 0 Å². The van der Waals surface area contributed by atoms with Gasteiger partial charge in [-0.2, -0.15) is 0 Å². The van der Waals surface area contributed by atoms with Crippen LogP contribution in [0.5, 0.6) is 0 Å². The normalized spacial score (nSPS) is 21.7. The fraction of sp³-hybridized carbons (Fsp3) is 0.312. The summed E-state index contributed by atoms with van der Waals surface area (Å²) in [6, 6.07) is 9.21. The molecule has 1 unspecified atom stereocenters. The number of fused-ring (bicyclic) bond motifs is 1. The number of carbonyl (C=O) groups is 2. The number of pyridine rings is 1. The lowest BCUT2D eigenvalue weighted by molar-refractivity contribution is -0.147. The van der Waals surface area contributed by atoms with E-state index in [9.17, 15) is 14.7 Å². The van der Waals surface area contributed by atoms with E-state index in [-0.39, 0.29) is 12.5 Å². The van der Waals surface area contributed by atoms with E-state index in [1.54, 1.807) is 24.1 Å². The van der Waals surface area contributed by atoms with Crippen molar-refractivity contribution in [3.63, 3.8) is 0 Å². The molecule has 1 aliphatic rings. The number of para-hydroxylation sites is 1. The monoisotopic (exact) mass is 284 g/mol. The summed E-state index contributed by atoms with van der Waals surface area (Å²) in [4.78, 5) is 29.8. The molecule has 1 N–H and O–H groups in total. The number of likely N-dealkylation sites (tertiary alicyclic amines) is 1. The molecule has 2 heterocycles. The Morgan fingerprint density at radius 1 is 1.29 bits per heavy atom. The lowest BCUT2D eigenvalue weighted by Gasteiger charge is -2.20. The summed E-state index contributed by atoms with van der Waals surface area (Å²) in [5.74, 6) is -1.00. The SMILES string of the molecule is CC1(C(=O)O)CCN(C(=O)c2cccc3cccnc23)C1. The Kier molecular flexibility index (Phi) is 3.12. The Bertz CT molecular complexity index is 723. The molecule has 1 saturated heterocycles. The standard InChI is InChI=1S/C16H16N2O3/c1-16(15(20)21)7-9-18(10-16)14(19)12-6-2-4-11-5-3-8-17-13(11)12/h2-6,8H,7,9-10H2,1H3,(H,20,21).